The molecule has 1 N–H and O–H groups in total. The maximum Gasteiger partial charge on any atom is 0.149 e. The quantitative estimate of drug-likeness (QED) is 0.177. The summed E-state index contributed by atoms with van der Waals surface area (Å²) in [6.07, 6.45) is 1.89. The van der Waals surface area contributed by atoms with Gasteiger partial charge in [0.1, 0.15) is 11.6 Å². The number of imidazole rings is 1. The number of pyridine rings is 1. The highest BCUT2D eigenvalue weighted by molar-refractivity contribution is 5.97. The molecule has 0 spiro atoms. The lowest BCUT2D eigenvalue weighted by Gasteiger charge is -2.22. The summed E-state index contributed by atoms with van der Waals surface area (Å²) in [5, 5.41) is 11.4. The van der Waals surface area contributed by atoms with Gasteiger partial charge in [0, 0.05) is 24.3 Å². The second kappa shape index (κ2) is 14.7. The van der Waals surface area contributed by atoms with Gasteiger partial charge < -0.3 is 5.11 Å². The van der Waals surface area contributed by atoms with Crippen molar-refractivity contribution in [2.24, 2.45) is 0 Å². The van der Waals surface area contributed by atoms with Crippen molar-refractivity contribution in [1.29, 1.82) is 0 Å². The average Bonchev–Trinajstić information content (AvgIpc) is 3.59. The number of fused-ring (bicyclic) bond motifs is 1. The van der Waals surface area contributed by atoms with Crippen LogP contribution in [0.1, 0.15) is 79.3 Å². The smallest absolute Gasteiger partial charge is 0.149 e. The fourth-order valence-electron chi connectivity index (χ4n) is 7.61. The number of benzene rings is 6. The molecule has 0 atom stereocenters. The van der Waals surface area contributed by atoms with E-state index in [4.69, 9.17) is 11.3 Å². The standard InChI is InChI=1S/C53H51N3O/c1-34(2)37-23-26-47(45(32-37)36-21-24-41(25-22-36)52(3,4)5)56-48-19-14-18-43(50(48)55-51(56)44-17-12-13-20-49(44)57)39-29-40(31-42(30-39)53(6,7)8)46-33-38(27-28-54-46)35-15-10-9-11-16-35/h9-34,57H,1-8H3/i34D. The van der Waals surface area contributed by atoms with Crippen molar-refractivity contribution in [3.8, 4) is 67.5 Å². The molecule has 284 valence electrons. The highest BCUT2D eigenvalue weighted by atomic mass is 16.3. The zero-order valence-corrected chi connectivity index (χ0v) is 34.2. The maximum atomic E-state index is 11.4. The monoisotopic (exact) mass is 746 g/mol. The lowest BCUT2D eigenvalue weighted by molar-refractivity contribution is 0.477. The van der Waals surface area contributed by atoms with Gasteiger partial charge in [0.2, 0.25) is 0 Å². The Morgan fingerprint density at radius 1 is 0.561 bits per heavy atom. The molecule has 0 fully saturated rings. The Morgan fingerprint density at radius 2 is 1.25 bits per heavy atom. The topological polar surface area (TPSA) is 50.9 Å². The van der Waals surface area contributed by atoms with Gasteiger partial charge in [-0.2, -0.15) is 0 Å². The molecule has 0 aliphatic heterocycles. The van der Waals surface area contributed by atoms with Crippen molar-refractivity contribution < 1.29 is 6.48 Å². The predicted molar refractivity (Wildman–Crippen MR) is 239 cm³/mol. The van der Waals surface area contributed by atoms with Gasteiger partial charge in [-0.1, -0.05) is 146 Å². The summed E-state index contributed by atoms with van der Waals surface area (Å²) < 4.78 is 11.2. The third kappa shape index (κ3) is 7.40. The number of hydrogen-bond donors (Lipinski definition) is 1. The molecule has 0 saturated heterocycles. The fraction of sp³-hybridized carbons (Fsp3) is 0.208. The molecule has 8 rings (SSSR count). The third-order valence-corrected chi connectivity index (χ3v) is 11.0. The van der Waals surface area contributed by atoms with Crippen LogP contribution in [0, 0.1) is 0 Å². The summed E-state index contributed by atoms with van der Waals surface area (Å²) in [6, 6.07) is 50.3. The molecular formula is C53H51N3O. The van der Waals surface area contributed by atoms with Crippen LogP contribution >= 0.6 is 0 Å². The minimum Gasteiger partial charge on any atom is -0.507 e. The first-order chi connectivity index (χ1) is 27.6. The first kappa shape index (κ1) is 36.4. The van der Waals surface area contributed by atoms with E-state index in [-0.39, 0.29) is 16.6 Å². The Kier molecular flexibility index (Phi) is 9.37. The second-order valence-electron chi connectivity index (χ2n) is 17.4. The zero-order valence-electron chi connectivity index (χ0n) is 35.2. The fourth-order valence-corrected chi connectivity index (χ4v) is 7.61. The lowest BCUT2D eigenvalue weighted by atomic mass is 9.83. The summed E-state index contributed by atoms with van der Waals surface area (Å²) >= 11 is 0. The van der Waals surface area contributed by atoms with E-state index in [1.165, 1.54) is 11.1 Å². The van der Waals surface area contributed by atoms with Crippen LogP contribution in [-0.2, 0) is 10.8 Å². The molecular weight excluding hydrogens is 695 g/mol. The Balaban J connectivity index is 1.39. The molecule has 0 unspecified atom stereocenters. The van der Waals surface area contributed by atoms with Crippen molar-refractivity contribution >= 4 is 11.0 Å². The lowest BCUT2D eigenvalue weighted by Crippen LogP contribution is -2.11. The van der Waals surface area contributed by atoms with E-state index in [1.54, 1.807) is 6.07 Å². The summed E-state index contributed by atoms with van der Waals surface area (Å²) in [6.45, 7) is 17.3. The van der Waals surface area contributed by atoms with Crippen molar-refractivity contribution in [3.05, 3.63) is 168 Å². The first-order valence-electron chi connectivity index (χ1n) is 20.3. The van der Waals surface area contributed by atoms with E-state index >= 15 is 0 Å². The average molecular weight is 747 g/mol. The van der Waals surface area contributed by atoms with Crippen molar-refractivity contribution in [1.82, 2.24) is 14.5 Å². The van der Waals surface area contributed by atoms with Gasteiger partial charge in [0.25, 0.3) is 0 Å². The van der Waals surface area contributed by atoms with E-state index < -0.39 is 5.89 Å². The summed E-state index contributed by atoms with van der Waals surface area (Å²) in [5.74, 6) is -0.0217. The minimum atomic E-state index is -0.811. The Bertz CT molecular complexity index is 2780. The maximum absolute atomic E-state index is 11.4. The normalized spacial score (nSPS) is 12.5. The van der Waals surface area contributed by atoms with Gasteiger partial charge in [-0.15, -0.1) is 0 Å². The van der Waals surface area contributed by atoms with Crippen LogP contribution in [0.4, 0.5) is 0 Å². The molecule has 8 aromatic rings. The molecule has 0 radical (unpaired) electrons. The molecule has 0 aliphatic carbocycles. The number of phenolic OH excluding ortho intramolecular Hbond substituents is 1. The van der Waals surface area contributed by atoms with Crippen LogP contribution in [0.2, 0.25) is 0 Å². The molecule has 2 heterocycles. The number of hydrogen-bond acceptors (Lipinski definition) is 3. The number of phenols is 1. The number of rotatable bonds is 7. The van der Waals surface area contributed by atoms with Gasteiger partial charge in [0.05, 0.1) is 28.0 Å². The summed E-state index contributed by atoms with van der Waals surface area (Å²) in [7, 11) is 0. The number of aromatic nitrogens is 3. The van der Waals surface area contributed by atoms with Crippen LogP contribution in [0.25, 0.3) is 72.7 Å². The molecule has 4 heteroatoms. The zero-order chi connectivity index (χ0) is 41.0. The second-order valence-corrected chi connectivity index (χ2v) is 17.4. The van der Waals surface area contributed by atoms with Crippen LogP contribution in [-0.4, -0.2) is 19.6 Å². The number of para-hydroxylation sites is 2. The molecule has 57 heavy (non-hydrogen) atoms. The van der Waals surface area contributed by atoms with Crippen molar-refractivity contribution in [3.63, 3.8) is 0 Å². The van der Waals surface area contributed by atoms with E-state index in [9.17, 15) is 5.11 Å². The molecule has 0 amide bonds. The Morgan fingerprint density at radius 3 is 1.95 bits per heavy atom. The van der Waals surface area contributed by atoms with Gasteiger partial charge in [0.15, 0.2) is 0 Å². The van der Waals surface area contributed by atoms with Crippen LogP contribution in [0.3, 0.4) is 0 Å². The predicted octanol–water partition coefficient (Wildman–Crippen LogP) is 14.2. The number of aromatic hydroxyl groups is 1. The molecule has 0 aliphatic rings. The molecule has 2 aromatic heterocycles. The molecule has 0 bridgehead atoms. The Labute approximate surface area is 339 Å². The van der Waals surface area contributed by atoms with E-state index in [2.05, 4.69) is 161 Å². The summed E-state index contributed by atoms with van der Waals surface area (Å²) in [4.78, 5) is 10.3. The van der Waals surface area contributed by atoms with Crippen molar-refractivity contribution in [2.45, 2.75) is 72.1 Å². The van der Waals surface area contributed by atoms with Crippen LogP contribution < -0.4 is 0 Å². The number of nitrogens with zero attached hydrogens (tertiary/aromatic N) is 3. The van der Waals surface area contributed by atoms with Gasteiger partial charge in [-0.25, -0.2) is 4.98 Å². The molecule has 6 aromatic carbocycles. The highest BCUT2D eigenvalue weighted by Gasteiger charge is 2.24. The van der Waals surface area contributed by atoms with Gasteiger partial charge in [-0.3, -0.25) is 9.55 Å². The van der Waals surface area contributed by atoms with Gasteiger partial charge >= 0.3 is 0 Å². The molecule has 4 nitrogen and oxygen atoms in total. The van der Waals surface area contributed by atoms with E-state index in [0.717, 1.165) is 66.9 Å². The van der Waals surface area contributed by atoms with Crippen molar-refractivity contribution in [2.75, 3.05) is 0 Å². The largest absolute Gasteiger partial charge is 0.507 e. The SMILES string of the molecule is [2H]C(C)(C)c1ccc(-n2c(-c3ccccc3O)nc3c(-c4cc(-c5cc(-c6ccccc6)ccn5)cc(C(C)(C)C)c4)cccc32)c(-c2ccc(C(C)(C)C)cc2)c1. The third-order valence-electron chi connectivity index (χ3n) is 11.0. The first-order valence-corrected chi connectivity index (χ1v) is 19.8. The van der Waals surface area contributed by atoms with Crippen LogP contribution in [0.15, 0.2) is 152 Å². The highest BCUT2D eigenvalue weighted by Crippen LogP contribution is 2.42. The van der Waals surface area contributed by atoms with E-state index in [0.29, 0.717) is 11.4 Å². The Hall–Kier alpha value is -6.26. The minimum absolute atomic E-state index is 0.00620. The van der Waals surface area contributed by atoms with Gasteiger partial charge in [-0.05, 0) is 110 Å². The van der Waals surface area contributed by atoms with E-state index in [1.807, 2.05) is 44.3 Å². The molecule has 0 saturated carbocycles. The summed E-state index contributed by atoms with van der Waals surface area (Å²) in [5.41, 5.74) is 14.8. The van der Waals surface area contributed by atoms with Crippen LogP contribution in [0.5, 0.6) is 5.75 Å².